The van der Waals surface area contributed by atoms with E-state index in [1.807, 2.05) is 24.5 Å². The van der Waals surface area contributed by atoms with Crippen molar-refractivity contribution in [3.8, 4) is 5.75 Å². The van der Waals surface area contributed by atoms with Crippen molar-refractivity contribution in [1.82, 2.24) is 20.2 Å². The van der Waals surface area contributed by atoms with Gasteiger partial charge in [-0.25, -0.2) is 9.97 Å². The minimum absolute atomic E-state index is 0.538. The quantitative estimate of drug-likeness (QED) is 0.334. The molecule has 2 aromatic rings. The minimum Gasteiger partial charge on any atom is -0.491 e. The normalized spacial score (nSPS) is 15.4. The van der Waals surface area contributed by atoms with Gasteiger partial charge < -0.3 is 15.4 Å². The van der Waals surface area contributed by atoms with Gasteiger partial charge in [0.05, 0.1) is 23.4 Å². The second kappa shape index (κ2) is 11.2. The van der Waals surface area contributed by atoms with Crippen LogP contribution in [0.5, 0.6) is 5.75 Å². The summed E-state index contributed by atoms with van der Waals surface area (Å²) >= 11 is 13.6. The average Bonchev–Trinajstić information content (AvgIpc) is 2.75. The van der Waals surface area contributed by atoms with Crippen molar-refractivity contribution < 1.29 is 4.74 Å². The van der Waals surface area contributed by atoms with Crippen LogP contribution in [0.3, 0.4) is 0 Å². The molecule has 2 heterocycles. The van der Waals surface area contributed by atoms with Gasteiger partial charge in [0, 0.05) is 25.7 Å². The van der Waals surface area contributed by atoms with Crippen LogP contribution in [0.15, 0.2) is 29.6 Å². The van der Waals surface area contributed by atoms with E-state index in [9.17, 15) is 0 Å². The topological polar surface area (TPSA) is 62.3 Å². The molecule has 0 atom stereocenters. The molecule has 1 aliphatic rings. The molecule has 2 N–H and O–H groups in total. The van der Waals surface area contributed by atoms with Crippen LogP contribution in [-0.2, 0) is 6.54 Å². The van der Waals surface area contributed by atoms with Crippen molar-refractivity contribution in [2.75, 3.05) is 44.9 Å². The van der Waals surface area contributed by atoms with Crippen molar-refractivity contribution in [3.63, 3.8) is 0 Å². The first-order valence-electron chi connectivity index (χ1n) is 9.67. The number of anilines is 1. The van der Waals surface area contributed by atoms with Crippen molar-refractivity contribution in [3.05, 3.63) is 40.0 Å². The molecular weight excluding hydrogens is 429 g/mol. The molecule has 0 spiro atoms. The van der Waals surface area contributed by atoms with Gasteiger partial charge in [0.2, 0.25) is 0 Å². The SMILES string of the molecule is COc1cnc(SC)nc1NCCNC1CCN(Cc2ccc(Cl)c(Cl)c2)CC1. The first-order valence-corrected chi connectivity index (χ1v) is 11.7. The Bertz CT molecular complexity index is 802. The molecule has 1 aliphatic heterocycles. The highest BCUT2D eigenvalue weighted by Gasteiger charge is 2.19. The summed E-state index contributed by atoms with van der Waals surface area (Å²) < 4.78 is 5.33. The number of piperidine rings is 1. The Labute approximate surface area is 186 Å². The first kappa shape index (κ1) is 22.4. The fraction of sp³-hybridized carbons (Fsp3) is 0.500. The molecule has 0 aliphatic carbocycles. The van der Waals surface area contributed by atoms with Crippen LogP contribution < -0.4 is 15.4 Å². The average molecular weight is 456 g/mol. The molecule has 1 aromatic heterocycles. The Morgan fingerprint density at radius 1 is 1.21 bits per heavy atom. The lowest BCUT2D eigenvalue weighted by Gasteiger charge is -2.32. The summed E-state index contributed by atoms with van der Waals surface area (Å²) in [6.07, 6.45) is 5.93. The van der Waals surface area contributed by atoms with Crippen LogP contribution in [0.4, 0.5) is 5.82 Å². The predicted octanol–water partition coefficient (Wildman–Crippen LogP) is 4.18. The van der Waals surface area contributed by atoms with E-state index < -0.39 is 0 Å². The summed E-state index contributed by atoms with van der Waals surface area (Å²) in [7, 11) is 1.63. The predicted molar refractivity (Wildman–Crippen MR) is 122 cm³/mol. The largest absolute Gasteiger partial charge is 0.491 e. The summed E-state index contributed by atoms with van der Waals surface area (Å²) in [4.78, 5) is 11.2. The number of methoxy groups -OCH3 is 1. The number of thioether (sulfide) groups is 1. The van der Waals surface area contributed by atoms with Crippen LogP contribution in [0.2, 0.25) is 10.0 Å². The number of likely N-dealkylation sites (tertiary alicyclic amines) is 1. The van der Waals surface area contributed by atoms with Crippen molar-refractivity contribution in [2.45, 2.75) is 30.6 Å². The van der Waals surface area contributed by atoms with Gasteiger partial charge in [0.1, 0.15) is 0 Å². The number of rotatable bonds is 9. The maximum atomic E-state index is 6.12. The Morgan fingerprint density at radius 3 is 2.69 bits per heavy atom. The fourth-order valence-corrected chi connectivity index (χ4v) is 4.04. The van der Waals surface area contributed by atoms with Crippen LogP contribution in [0.1, 0.15) is 18.4 Å². The Hall–Kier alpha value is -1.25. The summed E-state index contributed by atoms with van der Waals surface area (Å²) in [5.74, 6) is 1.41. The van der Waals surface area contributed by atoms with E-state index in [1.165, 1.54) is 17.3 Å². The molecule has 3 rings (SSSR count). The third kappa shape index (κ3) is 6.62. The molecule has 29 heavy (non-hydrogen) atoms. The molecule has 0 bridgehead atoms. The third-order valence-corrected chi connectivity index (χ3v) is 6.26. The number of nitrogens with zero attached hydrogens (tertiary/aromatic N) is 3. The lowest BCUT2D eigenvalue weighted by molar-refractivity contribution is 0.191. The molecular formula is C20H27Cl2N5OS. The monoisotopic (exact) mass is 455 g/mol. The lowest BCUT2D eigenvalue weighted by Crippen LogP contribution is -2.43. The summed E-state index contributed by atoms with van der Waals surface area (Å²) in [6, 6.07) is 6.42. The molecule has 0 saturated carbocycles. The maximum Gasteiger partial charge on any atom is 0.189 e. The van der Waals surface area contributed by atoms with Crippen LogP contribution in [0.25, 0.3) is 0 Å². The highest BCUT2D eigenvalue weighted by Crippen LogP contribution is 2.24. The number of hydrogen-bond donors (Lipinski definition) is 2. The van der Waals surface area contributed by atoms with Crippen molar-refractivity contribution in [2.24, 2.45) is 0 Å². The second-order valence-corrected chi connectivity index (χ2v) is 8.54. The molecule has 0 radical (unpaired) electrons. The van der Waals surface area contributed by atoms with Gasteiger partial charge in [0.25, 0.3) is 0 Å². The number of aromatic nitrogens is 2. The standard InChI is InChI=1S/C20H27Cl2N5OS/c1-28-18-12-25-20(29-2)26-19(18)24-8-7-23-15-5-9-27(10-6-15)13-14-3-4-16(21)17(22)11-14/h3-4,11-12,15,23H,5-10,13H2,1-2H3,(H,24,25,26). The van der Waals surface area contributed by atoms with E-state index in [0.29, 0.717) is 21.8 Å². The first-order chi connectivity index (χ1) is 14.1. The van der Waals surface area contributed by atoms with Crippen LogP contribution in [0, 0.1) is 0 Å². The Balaban J connectivity index is 1.37. The van der Waals surface area contributed by atoms with Gasteiger partial charge in [-0.2, -0.15) is 0 Å². The molecule has 9 heteroatoms. The highest BCUT2D eigenvalue weighted by atomic mass is 35.5. The Kier molecular flexibility index (Phi) is 8.68. The summed E-state index contributed by atoms with van der Waals surface area (Å²) in [5, 5.41) is 8.95. The van der Waals surface area contributed by atoms with Crippen molar-refractivity contribution in [1.29, 1.82) is 0 Å². The molecule has 0 amide bonds. The maximum absolute atomic E-state index is 6.12. The van der Waals surface area contributed by atoms with Gasteiger partial charge >= 0.3 is 0 Å². The third-order valence-electron chi connectivity index (χ3n) is 4.96. The number of hydrogen-bond acceptors (Lipinski definition) is 7. The van der Waals surface area contributed by atoms with Crippen molar-refractivity contribution >= 4 is 40.8 Å². The van der Waals surface area contributed by atoms with Gasteiger partial charge in [-0.15, -0.1) is 0 Å². The highest BCUT2D eigenvalue weighted by molar-refractivity contribution is 7.98. The zero-order chi connectivity index (χ0) is 20.6. The van der Waals surface area contributed by atoms with Crippen LogP contribution >= 0.6 is 35.0 Å². The molecule has 158 valence electrons. The van der Waals surface area contributed by atoms with E-state index >= 15 is 0 Å². The van der Waals surface area contributed by atoms with E-state index in [2.05, 4.69) is 25.5 Å². The number of nitrogens with one attached hydrogen (secondary N) is 2. The summed E-state index contributed by atoms with van der Waals surface area (Å²) in [5.41, 5.74) is 1.21. The molecule has 6 nitrogen and oxygen atoms in total. The minimum atomic E-state index is 0.538. The van der Waals surface area contributed by atoms with E-state index in [1.54, 1.807) is 13.3 Å². The molecule has 1 fully saturated rings. The number of ether oxygens (including phenoxy) is 1. The Morgan fingerprint density at radius 2 is 2.00 bits per heavy atom. The lowest BCUT2D eigenvalue weighted by atomic mass is 10.0. The van der Waals surface area contributed by atoms with Crippen LogP contribution in [-0.4, -0.2) is 60.5 Å². The zero-order valence-electron chi connectivity index (χ0n) is 16.8. The smallest absolute Gasteiger partial charge is 0.189 e. The van der Waals surface area contributed by atoms with E-state index in [-0.39, 0.29) is 0 Å². The molecule has 0 unspecified atom stereocenters. The van der Waals surface area contributed by atoms with E-state index in [0.717, 1.165) is 56.5 Å². The molecule has 1 saturated heterocycles. The van der Waals surface area contributed by atoms with Gasteiger partial charge in [0.15, 0.2) is 16.7 Å². The fourth-order valence-electron chi connectivity index (χ4n) is 3.38. The van der Waals surface area contributed by atoms with Gasteiger partial charge in [-0.1, -0.05) is 41.0 Å². The molecule has 1 aromatic carbocycles. The van der Waals surface area contributed by atoms with Gasteiger partial charge in [-0.05, 0) is 49.9 Å². The zero-order valence-corrected chi connectivity index (χ0v) is 19.1. The number of halogens is 2. The van der Waals surface area contributed by atoms with Gasteiger partial charge in [-0.3, -0.25) is 4.90 Å². The summed E-state index contributed by atoms with van der Waals surface area (Å²) in [6.45, 7) is 4.71. The second-order valence-electron chi connectivity index (χ2n) is 6.95. The van der Waals surface area contributed by atoms with E-state index in [4.69, 9.17) is 27.9 Å². The number of benzene rings is 1.